The summed E-state index contributed by atoms with van der Waals surface area (Å²) in [5, 5.41) is 14.4. The number of carbonyl (C=O) groups is 1. The van der Waals surface area contributed by atoms with Gasteiger partial charge in [0.1, 0.15) is 11.6 Å². The summed E-state index contributed by atoms with van der Waals surface area (Å²) < 4.78 is 11.3. The molecule has 0 aliphatic rings. The van der Waals surface area contributed by atoms with Gasteiger partial charge in [-0.15, -0.1) is 0 Å². The number of hydrazone groups is 1. The number of aromatic amines is 1. The van der Waals surface area contributed by atoms with Gasteiger partial charge in [-0.25, -0.2) is 10.4 Å². The molecule has 1 aromatic carbocycles. The van der Waals surface area contributed by atoms with E-state index in [-0.39, 0.29) is 24.7 Å². The van der Waals surface area contributed by atoms with Crippen molar-refractivity contribution >= 4 is 39.0 Å². The Labute approximate surface area is 175 Å². The van der Waals surface area contributed by atoms with Crippen molar-refractivity contribution in [3.8, 4) is 11.9 Å². The van der Waals surface area contributed by atoms with Crippen LogP contribution in [0.3, 0.4) is 0 Å². The summed E-state index contributed by atoms with van der Waals surface area (Å²) >= 11 is 3.41. The molecule has 0 saturated carbocycles. The summed E-state index contributed by atoms with van der Waals surface area (Å²) in [5.74, 6) is -0.392. The maximum absolute atomic E-state index is 12.1. The molecule has 0 unspecified atom stereocenters. The van der Waals surface area contributed by atoms with Crippen LogP contribution in [0.1, 0.15) is 22.4 Å². The number of methoxy groups -OCH3 is 1. The number of aromatic nitrogens is 2. The number of aryl methyl sites for hydroxylation is 1. The number of para-hydroxylation sites is 1. The van der Waals surface area contributed by atoms with Crippen LogP contribution in [0.2, 0.25) is 0 Å². The van der Waals surface area contributed by atoms with Crippen LogP contribution in [0.4, 0.5) is 0 Å². The highest BCUT2D eigenvalue weighted by molar-refractivity contribution is 9.10. The number of pyridine rings is 1. The van der Waals surface area contributed by atoms with Gasteiger partial charge in [0.25, 0.3) is 5.91 Å². The lowest BCUT2D eigenvalue weighted by Crippen LogP contribution is -2.25. The summed E-state index contributed by atoms with van der Waals surface area (Å²) in [4.78, 5) is 19.4. The second kappa shape index (κ2) is 9.32. The molecular formula is C20H18BrN5O3. The van der Waals surface area contributed by atoms with Crippen molar-refractivity contribution in [1.29, 1.82) is 5.26 Å². The minimum Gasteiger partial charge on any atom is -0.467 e. The van der Waals surface area contributed by atoms with E-state index in [9.17, 15) is 10.1 Å². The number of carbonyl (C=O) groups excluding carboxylic acids is 1. The van der Waals surface area contributed by atoms with E-state index < -0.39 is 5.91 Å². The lowest BCUT2D eigenvalue weighted by molar-refractivity contribution is -0.123. The number of ether oxygens (including phenoxy) is 2. The minimum absolute atomic E-state index is 0.0796. The highest BCUT2D eigenvalue weighted by Gasteiger charge is 2.18. The zero-order valence-corrected chi connectivity index (χ0v) is 17.4. The summed E-state index contributed by atoms with van der Waals surface area (Å²) in [7, 11) is 1.53. The Bertz CT molecular complexity index is 1120. The molecule has 0 spiro atoms. The second-order valence-electron chi connectivity index (χ2n) is 6.09. The predicted octanol–water partition coefficient (Wildman–Crippen LogP) is 3.18. The van der Waals surface area contributed by atoms with E-state index in [1.807, 2.05) is 30.5 Å². The molecule has 2 heterocycles. The van der Waals surface area contributed by atoms with Gasteiger partial charge in [-0.05, 0) is 28.9 Å². The van der Waals surface area contributed by atoms with Gasteiger partial charge in [0.05, 0.1) is 18.5 Å². The third-order valence-corrected chi connectivity index (χ3v) is 5.17. The van der Waals surface area contributed by atoms with Crippen molar-refractivity contribution in [1.82, 2.24) is 15.4 Å². The number of nitrogens with zero attached hydrogens (tertiary/aromatic N) is 3. The van der Waals surface area contributed by atoms with Crippen LogP contribution in [0.5, 0.6) is 5.88 Å². The Morgan fingerprint density at radius 1 is 1.45 bits per heavy atom. The van der Waals surface area contributed by atoms with E-state index in [1.54, 1.807) is 13.1 Å². The van der Waals surface area contributed by atoms with Crippen LogP contribution >= 0.6 is 15.9 Å². The van der Waals surface area contributed by atoms with Crippen LogP contribution in [-0.2, 0) is 16.1 Å². The third kappa shape index (κ3) is 4.62. The average Bonchev–Trinajstić information content (AvgIpc) is 3.13. The molecular weight excluding hydrogens is 438 g/mol. The van der Waals surface area contributed by atoms with Gasteiger partial charge in [-0.2, -0.15) is 10.4 Å². The topological polar surface area (TPSA) is 112 Å². The third-order valence-electron chi connectivity index (χ3n) is 4.12. The normalized spacial score (nSPS) is 11.0. The first kappa shape index (κ1) is 20.5. The maximum Gasteiger partial charge on any atom is 0.278 e. The Morgan fingerprint density at radius 2 is 2.24 bits per heavy atom. The summed E-state index contributed by atoms with van der Waals surface area (Å²) in [5.41, 5.74) is 5.71. The quantitative estimate of drug-likeness (QED) is 0.419. The molecule has 2 aromatic heterocycles. The van der Waals surface area contributed by atoms with Gasteiger partial charge in [-0.1, -0.05) is 18.2 Å². The van der Waals surface area contributed by atoms with Crippen molar-refractivity contribution in [3.05, 3.63) is 57.3 Å². The van der Waals surface area contributed by atoms with Gasteiger partial charge in [0, 0.05) is 39.8 Å². The number of H-pyrrole nitrogens is 1. The van der Waals surface area contributed by atoms with E-state index in [0.29, 0.717) is 15.7 Å². The number of hydrogen-bond donors (Lipinski definition) is 2. The summed E-state index contributed by atoms with van der Waals surface area (Å²) in [6, 6.07) is 9.83. The molecule has 3 rings (SSSR count). The number of benzene rings is 1. The molecule has 9 heteroatoms. The van der Waals surface area contributed by atoms with Crippen LogP contribution in [-0.4, -0.2) is 35.8 Å². The van der Waals surface area contributed by atoms with E-state index in [2.05, 4.69) is 42.5 Å². The van der Waals surface area contributed by atoms with Crippen LogP contribution in [0, 0.1) is 18.3 Å². The monoisotopic (exact) mass is 455 g/mol. The van der Waals surface area contributed by atoms with Gasteiger partial charge in [0.2, 0.25) is 5.88 Å². The van der Waals surface area contributed by atoms with Gasteiger partial charge < -0.3 is 14.5 Å². The Hall–Kier alpha value is -3.22. The molecule has 0 saturated heterocycles. The standard InChI is InChI=1S/C20H18BrN5O3/c1-12-19(21)16(10-28-2)15(7-22)20(25-12)29-11-18(27)26-24-9-13-8-23-17-6-4-3-5-14(13)17/h3-6,8-9,23H,10-11H2,1-2H3,(H,26,27)/b24-9+. The fraction of sp³-hybridized carbons (Fsp3) is 0.200. The minimum atomic E-state index is -0.472. The molecule has 0 radical (unpaired) electrons. The van der Waals surface area contributed by atoms with Crippen LogP contribution < -0.4 is 10.2 Å². The van der Waals surface area contributed by atoms with Crippen molar-refractivity contribution in [2.75, 3.05) is 13.7 Å². The highest BCUT2D eigenvalue weighted by Crippen LogP contribution is 2.29. The second-order valence-corrected chi connectivity index (χ2v) is 6.88. The number of halogens is 1. The van der Waals surface area contributed by atoms with Crippen LogP contribution in [0.15, 0.2) is 40.0 Å². The van der Waals surface area contributed by atoms with E-state index >= 15 is 0 Å². The van der Waals surface area contributed by atoms with E-state index in [1.165, 1.54) is 7.11 Å². The molecule has 1 amide bonds. The molecule has 29 heavy (non-hydrogen) atoms. The number of nitriles is 1. The van der Waals surface area contributed by atoms with Gasteiger partial charge in [0.15, 0.2) is 6.61 Å². The van der Waals surface area contributed by atoms with Crippen LogP contribution in [0.25, 0.3) is 10.9 Å². The smallest absolute Gasteiger partial charge is 0.278 e. The summed E-state index contributed by atoms with van der Waals surface area (Å²) in [6.45, 7) is 1.65. The lowest BCUT2D eigenvalue weighted by atomic mass is 10.1. The number of rotatable bonds is 7. The first-order valence-electron chi connectivity index (χ1n) is 8.64. The van der Waals surface area contributed by atoms with Gasteiger partial charge in [-0.3, -0.25) is 4.79 Å². The Balaban J connectivity index is 1.66. The molecule has 0 bridgehead atoms. The first-order chi connectivity index (χ1) is 14.0. The zero-order chi connectivity index (χ0) is 20.8. The van der Waals surface area contributed by atoms with Crippen molar-refractivity contribution in [3.63, 3.8) is 0 Å². The molecule has 3 aromatic rings. The van der Waals surface area contributed by atoms with Crippen molar-refractivity contribution < 1.29 is 14.3 Å². The maximum atomic E-state index is 12.1. The fourth-order valence-corrected chi connectivity index (χ4v) is 3.16. The number of amides is 1. The Kier molecular flexibility index (Phi) is 6.59. The molecule has 0 aliphatic carbocycles. The first-order valence-corrected chi connectivity index (χ1v) is 9.43. The molecule has 0 atom stereocenters. The van der Waals surface area contributed by atoms with Crippen molar-refractivity contribution in [2.45, 2.75) is 13.5 Å². The predicted molar refractivity (Wildman–Crippen MR) is 112 cm³/mol. The summed E-state index contributed by atoms with van der Waals surface area (Å²) in [6.07, 6.45) is 3.36. The number of fused-ring (bicyclic) bond motifs is 1. The Morgan fingerprint density at radius 3 is 3.00 bits per heavy atom. The molecule has 0 aliphatic heterocycles. The largest absolute Gasteiger partial charge is 0.467 e. The van der Waals surface area contributed by atoms with E-state index in [4.69, 9.17) is 9.47 Å². The lowest BCUT2D eigenvalue weighted by Gasteiger charge is -2.13. The highest BCUT2D eigenvalue weighted by atomic mass is 79.9. The molecule has 2 N–H and O–H groups in total. The number of nitrogens with one attached hydrogen (secondary N) is 2. The molecule has 8 nitrogen and oxygen atoms in total. The molecule has 148 valence electrons. The van der Waals surface area contributed by atoms with Gasteiger partial charge >= 0.3 is 0 Å². The average molecular weight is 456 g/mol. The van der Waals surface area contributed by atoms with E-state index in [0.717, 1.165) is 16.5 Å². The van der Waals surface area contributed by atoms with Crippen molar-refractivity contribution in [2.24, 2.45) is 5.10 Å². The zero-order valence-electron chi connectivity index (χ0n) is 15.8. The SMILES string of the molecule is COCc1c(Br)c(C)nc(OCC(=O)N/N=C/c2c[nH]c3ccccc23)c1C#N. The molecule has 0 fully saturated rings. The fourth-order valence-electron chi connectivity index (χ4n) is 2.75. The number of hydrogen-bond acceptors (Lipinski definition) is 6.